The van der Waals surface area contributed by atoms with Crippen molar-refractivity contribution < 1.29 is 28.7 Å². The van der Waals surface area contributed by atoms with E-state index < -0.39 is 17.9 Å². The number of likely N-dealkylation sites (N-methyl/N-ethyl adjacent to an activating group) is 2. The predicted molar refractivity (Wildman–Crippen MR) is 194 cm³/mol. The largest absolute Gasteiger partial charge is 0.497 e. The molecule has 1 atom stereocenters. The topological polar surface area (TPSA) is 117 Å². The molecule has 0 saturated carbocycles. The summed E-state index contributed by atoms with van der Waals surface area (Å²) < 4.78 is 10.4. The highest BCUT2D eigenvalue weighted by Gasteiger charge is 2.28. The molecule has 0 aromatic heterocycles. The molecule has 10 heteroatoms. The van der Waals surface area contributed by atoms with Crippen molar-refractivity contribution in [3.63, 3.8) is 0 Å². The van der Waals surface area contributed by atoms with Crippen LogP contribution in [-0.4, -0.2) is 58.5 Å². The lowest BCUT2D eigenvalue weighted by Crippen LogP contribution is -2.41. The molecule has 0 saturated heterocycles. The van der Waals surface area contributed by atoms with Crippen LogP contribution in [0.5, 0.6) is 11.5 Å². The maximum Gasteiger partial charge on any atom is 0.253 e. The van der Waals surface area contributed by atoms with Gasteiger partial charge in [0.2, 0.25) is 5.91 Å². The Morgan fingerprint density at radius 1 is 0.580 bits per heavy atom. The van der Waals surface area contributed by atoms with Crippen molar-refractivity contribution >= 4 is 35.0 Å². The molecule has 2 N–H and O–H groups in total. The number of benzene rings is 5. The molecule has 4 amide bonds. The van der Waals surface area contributed by atoms with Crippen molar-refractivity contribution in [2.45, 2.75) is 6.04 Å². The fourth-order valence-electron chi connectivity index (χ4n) is 5.42. The summed E-state index contributed by atoms with van der Waals surface area (Å²) in [5.41, 5.74) is 3.40. The van der Waals surface area contributed by atoms with Gasteiger partial charge in [0.1, 0.15) is 17.5 Å². The molecule has 0 aliphatic heterocycles. The minimum atomic E-state index is -1.02. The second-order valence-corrected chi connectivity index (χ2v) is 11.3. The van der Waals surface area contributed by atoms with Gasteiger partial charge in [-0.05, 0) is 77.4 Å². The summed E-state index contributed by atoms with van der Waals surface area (Å²) in [6.45, 7) is -0.250. The highest BCUT2D eigenvalue weighted by Crippen LogP contribution is 2.29. The second kappa shape index (κ2) is 16.1. The number of ether oxygens (including phenoxy) is 2. The number of hydrogen-bond acceptors (Lipinski definition) is 6. The van der Waals surface area contributed by atoms with Crippen LogP contribution in [0.4, 0.5) is 11.4 Å². The highest BCUT2D eigenvalue weighted by atomic mass is 16.5. The number of rotatable bonds is 12. The molecule has 5 aromatic carbocycles. The average Bonchev–Trinajstić information content (AvgIpc) is 3.18. The molecule has 0 heterocycles. The first-order valence-corrected chi connectivity index (χ1v) is 15.9. The fraction of sp³-hybridized carbons (Fsp3) is 0.150. The van der Waals surface area contributed by atoms with Crippen LogP contribution in [0.1, 0.15) is 32.3 Å². The SMILES string of the molecule is COc1ccc(N(C)C(=O)CNC(=O)c2ccccc2-c2ccccc2C(=O)N[C@H](C(=O)N(C)c2ccc(OC)cc2)c2ccccc2)cc1. The molecule has 50 heavy (non-hydrogen) atoms. The van der Waals surface area contributed by atoms with E-state index in [1.807, 2.05) is 6.07 Å². The fourth-order valence-corrected chi connectivity index (χ4v) is 5.42. The molecule has 10 nitrogen and oxygen atoms in total. The Labute approximate surface area is 291 Å². The van der Waals surface area contributed by atoms with Crippen LogP contribution in [0.3, 0.4) is 0 Å². The molecule has 0 aliphatic carbocycles. The normalized spacial score (nSPS) is 11.1. The Bertz CT molecular complexity index is 1960. The Hall–Kier alpha value is -6.42. The third-order valence-corrected chi connectivity index (χ3v) is 8.31. The number of carbonyl (C=O) groups excluding carboxylic acids is 4. The molecule has 0 aliphatic rings. The summed E-state index contributed by atoms with van der Waals surface area (Å²) in [5.74, 6) is -0.339. The number of nitrogens with one attached hydrogen (secondary N) is 2. The van der Waals surface area contributed by atoms with Crippen molar-refractivity contribution in [1.82, 2.24) is 10.6 Å². The Kier molecular flexibility index (Phi) is 11.3. The minimum Gasteiger partial charge on any atom is -0.497 e. The van der Waals surface area contributed by atoms with E-state index >= 15 is 0 Å². The lowest BCUT2D eigenvalue weighted by atomic mass is 9.94. The van der Waals surface area contributed by atoms with E-state index in [4.69, 9.17) is 9.47 Å². The smallest absolute Gasteiger partial charge is 0.253 e. The standard InChI is InChI=1S/C40H38N4O6/c1-43(28-18-22-30(49-3)23-19-28)36(45)26-41-38(46)34-16-10-8-14-32(34)33-15-9-11-17-35(33)39(47)42-37(27-12-6-5-7-13-27)40(48)44(2)29-20-24-31(50-4)25-21-29/h5-25,37H,26H2,1-4H3,(H,41,46)(H,42,47)/t37-/m0/s1. The van der Waals surface area contributed by atoms with E-state index in [-0.39, 0.29) is 29.5 Å². The maximum absolute atomic E-state index is 14.1. The van der Waals surface area contributed by atoms with Crippen molar-refractivity contribution in [2.75, 3.05) is 44.7 Å². The van der Waals surface area contributed by atoms with Crippen LogP contribution < -0.4 is 29.9 Å². The molecule has 0 spiro atoms. The molecule has 0 bridgehead atoms. The molecular weight excluding hydrogens is 632 g/mol. The quantitative estimate of drug-likeness (QED) is 0.171. The van der Waals surface area contributed by atoms with Crippen molar-refractivity contribution in [2.24, 2.45) is 0 Å². The van der Waals surface area contributed by atoms with Crippen LogP contribution in [0.15, 0.2) is 127 Å². The van der Waals surface area contributed by atoms with Gasteiger partial charge in [-0.25, -0.2) is 0 Å². The molecule has 0 fully saturated rings. The number of nitrogens with zero attached hydrogens (tertiary/aromatic N) is 2. The number of methoxy groups -OCH3 is 2. The van der Waals surface area contributed by atoms with Gasteiger partial charge in [0.15, 0.2) is 0 Å². The van der Waals surface area contributed by atoms with Gasteiger partial charge in [0.05, 0.1) is 20.8 Å². The van der Waals surface area contributed by atoms with Gasteiger partial charge in [0.25, 0.3) is 17.7 Å². The number of hydrogen-bond donors (Lipinski definition) is 2. The maximum atomic E-state index is 14.1. The molecule has 5 rings (SSSR count). The summed E-state index contributed by atoms with van der Waals surface area (Å²) in [4.78, 5) is 57.4. The van der Waals surface area contributed by atoms with Gasteiger partial charge in [-0.2, -0.15) is 0 Å². The van der Waals surface area contributed by atoms with E-state index in [0.717, 1.165) is 0 Å². The number of amides is 4. The van der Waals surface area contributed by atoms with Crippen LogP contribution in [0.25, 0.3) is 11.1 Å². The van der Waals surface area contributed by atoms with Gasteiger partial charge in [0, 0.05) is 36.6 Å². The third kappa shape index (κ3) is 7.99. The number of anilines is 2. The second-order valence-electron chi connectivity index (χ2n) is 11.3. The van der Waals surface area contributed by atoms with E-state index in [1.165, 1.54) is 9.80 Å². The Morgan fingerprint density at radius 2 is 1.04 bits per heavy atom. The molecule has 254 valence electrons. The highest BCUT2D eigenvalue weighted by molar-refractivity contribution is 6.09. The Morgan fingerprint density at radius 3 is 1.56 bits per heavy atom. The zero-order valence-electron chi connectivity index (χ0n) is 28.3. The summed E-state index contributed by atoms with van der Waals surface area (Å²) in [6.07, 6.45) is 0. The van der Waals surface area contributed by atoms with Crippen LogP contribution in [-0.2, 0) is 9.59 Å². The first kappa shape index (κ1) is 34.9. The van der Waals surface area contributed by atoms with Gasteiger partial charge >= 0.3 is 0 Å². The first-order chi connectivity index (χ1) is 24.2. The van der Waals surface area contributed by atoms with Crippen molar-refractivity contribution in [3.05, 3.63) is 144 Å². The third-order valence-electron chi connectivity index (χ3n) is 8.31. The first-order valence-electron chi connectivity index (χ1n) is 15.9. The summed E-state index contributed by atoms with van der Waals surface area (Å²) in [5, 5.41) is 5.66. The summed E-state index contributed by atoms with van der Waals surface area (Å²) in [7, 11) is 6.41. The average molecular weight is 671 g/mol. The van der Waals surface area contributed by atoms with Gasteiger partial charge in [-0.3, -0.25) is 19.2 Å². The van der Waals surface area contributed by atoms with Crippen molar-refractivity contribution in [3.8, 4) is 22.6 Å². The molecule has 0 unspecified atom stereocenters. The number of carbonyl (C=O) groups is 4. The van der Waals surface area contributed by atoms with E-state index in [1.54, 1.807) is 150 Å². The van der Waals surface area contributed by atoms with Crippen LogP contribution >= 0.6 is 0 Å². The zero-order chi connectivity index (χ0) is 35.6. The monoisotopic (exact) mass is 670 g/mol. The van der Waals surface area contributed by atoms with Gasteiger partial charge < -0.3 is 29.9 Å². The van der Waals surface area contributed by atoms with Crippen molar-refractivity contribution in [1.29, 1.82) is 0 Å². The summed E-state index contributed by atoms with van der Waals surface area (Å²) >= 11 is 0. The lowest BCUT2D eigenvalue weighted by molar-refractivity contribution is -0.120. The Balaban J connectivity index is 1.37. The predicted octanol–water partition coefficient (Wildman–Crippen LogP) is 5.90. The van der Waals surface area contributed by atoms with E-state index in [0.29, 0.717) is 39.6 Å². The lowest BCUT2D eigenvalue weighted by Gasteiger charge is -2.26. The molecule has 5 aromatic rings. The molecular formula is C40H38N4O6. The van der Waals surface area contributed by atoms with E-state index in [9.17, 15) is 19.2 Å². The molecule has 0 radical (unpaired) electrons. The van der Waals surface area contributed by atoms with Gasteiger partial charge in [-0.15, -0.1) is 0 Å². The van der Waals surface area contributed by atoms with Gasteiger partial charge in [-0.1, -0.05) is 66.7 Å². The summed E-state index contributed by atoms with van der Waals surface area (Å²) in [6, 6.07) is 35.8. The van der Waals surface area contributed by atoms with E-state index in [2.05, 4.69) is 10.6 Å². The van der Waals surface area contributed by atoms with Crippen LogP contribution in [0, 0.1) is 0 Å². The van der Waals surface area contributed by atoms with Crippen LogP contribution in [0.2, 0.25) is 0 Å². The zero-order valence-corrected chi connectivity index (χ0v) is 28.3. The minimum absolute atomic E-state index is 0.250.